The minimum Gasteiger partial charge on any atom is -0.350 e. The van der Waals surface area contributed by atoms with Gasteiger partial charge in [-0.1, -0.05) is 55.8 Å². The van der Waals surface area contributed by atoms with Gasteiger partial charge in [-0.3, -0.25) is 9.10 Å². The maximum Gasteiger partial charge on any atom is 0.241 e. The normalized spacial score (nSPS) is 11.3. The lowest BCUT2D eigenvalue weighted by Crippen LogP contribution is -2.40. The quantitative estimate of drug-likeness (QED) is 0.726. The lowest BCUT2D eigenvalue weighted by Gasteiger charge is -2.23. The number of aryl methyl sites for hydroxylation is 2. The van der Waals surface area contributed by atoms with Crippen molar-refractivity contribution in [2.45, 2.75) is 33.2 Å². The van der Waals surface area contributed by atoms with Crippen LogP contribution < -0.4 is 9.62 Å². The van der Waals surface area contributed by atoms with E-state index in [4.69, 9.17) is 11.6 Å². The minimum absolute atomic E-state index is 0.277. The van der Waals surface area contributed by atoms with Crippen molar-refractivity contribution >= 4 is 33.2 Å². The largest absolute Gasteiger partial charge is 0.350 e. The van der Waals surface area contributed by atoms with Crippen molar-refractivity contribution in [3.63, 3.8) is 0 Å². The Morgan fingerprint density at radius 2 is 1.78 bits per heavy atom. The van der Waals surface area contributed by atoms with Crippen LogP contribution in [0.3, 0.4) is 0 Å². The van der Waals surface area contributed by atoms with E-state index >= 15 is 0 Å². The van der Waals surface area contributed by atoms with Gasteiger partial charge in [0.25, 0.3) is 0 Å². The van der Waals surface area contributed by atoms with Crippen LogP contribution in [-0.4, -0.2) is 27.1 Å². The lowest BCUT2D eigenvalue weighted by atomic mass is 10.0. The highest BCUT2D eigenvalue weighted by Crippen LogP contribution is 2.26. The smallest absolute Gasteiger partial charge is 0.241 e. The van der Waals surface area contributed by atoms with Gasteiger partial charge in [0.1, 0.15) is 6.54 Å². The summed E-state index contributed by atoms with van der Waals surface area (Å²) in [6, 6.07) is 12.8. The number of hydrogen-bond acceptors (Lipinski definition) is 3. The second kappa shape index (κ2) is 9.24. The zero-order chi connectivity index (χ0) is 20.0. The van der Waals surface area contributed by atoms with E-state index in [-0.39, 0.29) is 17.5 Å². The van der Waals surface area contributed by atoms with E-state index in [9.17, 15) is 13.2 Å². The minimum atomic E-state index is -3.65. The van der Waals surface area contributed by atoms with E-state index < -0.39 is 10.0 Å². The van der Waals surface area contributed by atoms with Crippen molar-refractivity contribution in [3.8, 4) is 0 Å². The zero-order valence-corrected chi connectivity index (χ0v) is 17.4. The molecule has 0 saturated heterocycles. The molecule has 1 amide bonds. The number of sulfonamides is 1. The number of benzene rings is 2. The van der Waals surface area contributed by atoms with Gasteiger partial charge in [-0.2, -0.15) is 0 Å². The summed E-state index contributed by atoms with van der Waals surface area (Å²) in [7, 11) is -3.65. The van der Waals surface area contributed by atoms with Crippen molar-refractivity contribution in [1.82, 2.24) is 5.32 Å². The molecule has 0 heterocycles. The summed E-state index contributed by atoms with van der Waals surface area (Å²) in [5.74, 6) is -0.385. The third-order valence-electron chi connectivity index (χ3n) is 4.34. The molecule has 2 aromatic carbocycles. The number of carbonyl (C=O) groups is 1. The summed E-state index contributed by atoms with van der Waals surface area (Å²) in [4.78, 5) is 12.5. The molecule has 0 aliphatic rings. The van der Waals surface area contributed by atoms with Gasteiger partial charge in [0.15, 0.2) is 0 Å². The van der Waals surface area contributed by atoms with Gasteiger partial charge in [-0.05, 0) is 41.7 Å². The van der Waals surface area contributed by atoms with Gasteiger partial charge in [0.05, 0.1) is 17.0 Å². The molecule has 0 aromatic heterocycles. The standard InChI is InChI=1S/C20H25ClN2O3S/c1-4-15-10-11-16(5-2)17(12-15)13-22-20(24)14-23(27(3,25)26)19-9-7-6-8-18(19)21/h6-12H,4-5,13-14H2,1-3H3,(H,22,24). The second-order valence-electron chi connectivity index (χ2n) is 6.31. The van der Waals surface area contributed by atoms with Crippen molar-refractivity contribution < 1.29 is 13.2 Å². The molecule has 2 rings (SSSR count). The molecule has 0 radical (unpaired) electrons. The Bertz CT molecular complexity index is 913. The van der Waals surface area contributed by atoms with Crippen molar-refractivity contribution in [3.05, 3.63) is 64.2 Å². The molecular formula is C20H25ClN2O3S. The third kappa shape index (κ3) is 5.71. The fourth-order valence-corrected chi connectivity index (χ4v) is 3.98. The van der Waals surface area contributed by atoms with Crippen LogP contribution in [0.1, 0.15) is 30.5 Å². The van der Waals surface area contributed by atoms with Crippen molar-refractivity contribution in [2.24, 2.45) is 0 Å². The molecule has 27 heavy (non-hydrogen) atoms. The fraction of sp³-hybridized carbons (Fsp3) is 0.350. The van der Waals surface area contributed by atoms with Crippen LogP contribution in [0.5, 0.6) is 0 Å². The average molecular weight is 409 g/mol. The summed E-state index contributed by atoms with van der Waals surface area (Å²) in [5.41, 5.74) is 3.71. The number of nitrogens with one attached hydrogen (secondary N) is 1. The van der Waals surface area contributed by atoms with Gasteiger partial charge in [0, 0.05) is 6.54 Å². The zero-order valence-electron chi connectivity index (χ0n) is 15.8. The summed E-state index contributed by atoms with van der Waals surface area (Å²) >= 11 is 6.12. The number of hydrogen-bond donors (Lipinski definition) is 1. The molecule has 0 aliphatic carbocycles. The first-order valence-corrected chi connectivity index (χ1v) is 11.1. The molecule has 0 aliphatic heterocycles. The van der Waals surface area contributed by atoms with E-state index in [2.05, 4.69) is 37.4 Å². The number of carbonyl (C=O) groups excluding carboxylic acids is 1. The maximum absolute atomic E-state index is 12.5. The molecule has 5 nitrogen and oxygen atoms in total. The number of nitrogens with zero attached hydrogens (tertiary/aromatic N) is 1. The molecule has 7 heteroatoms. The topological polar surface area (TPSA) is 66.5 Å². The van der Waals surface area contributed by atoms with Crippen LogP contribution in [0.2, 0.25) is 5.02 Å². The first-order valence-electron chi connectivity index (χ1n) is 8.85. The van der Waals surface area contributed by atoms with Gasteiger partial charge in [0.2, 0.25) is 15.9 Å². The van der Waals surface area contributed by atoms with E-state index in [1.807, 2.05) is 0 Å². The summed E-state index contributed by atoms with van der Waals surface area (Å²) < 4.78 is 25.4. The average Bonchev–Trinajstić information content (AvgIpc) is 2.64. The van der Waals surface area contributed by atoms with Gasteiger partial charge in [-0.25, -0.2) is 8.42 Å². The SMILES string of the molecule is CCc1ccc(CC)c(CNC(=O)CN(c2ccccc2Cl)S(C)(=O)=O)c1. The van der Waals surface area contributed by atoms with E-state index in [1.165, 1.54) is 11.1 Å². The number of halogens is 1. The molecule has 0 bridgehead atoms. The Balaban J connectivity index is 2.15. The van der Waals surface area contributed by atoms with Gasteiger partial charge in [-0.15, -0.1) is 0 Å². The monoisotopic (exact) mass is 408 g/mol. The summed E-state index contributed by atoms with van der Waals surface area (Å²) in [6.07, 6.45) is 2.84. The highest BCUT2D eigenvalue weighted by atomic mass is 35.5. The number of para-hydroxylation sites is 1. The Kier molecular flexibility index (Phi) is 7.27. The van der Waals surface area contributed by atoms with Crippen LogP contribution in [0.15, 0.2) is 42.5 Å². The Hall–Kier alpha value is -2.05. The summed E-state index contributed by atoms with van der Waals surface area (Å²) in [6.45, 7) is 4.18. The number of amides is 1. The number of rotatable bonds is 8. The van der Waals surface area contributed by atoms with Gasteiger partial charge >= 0.3 is 0 Å². The summed E-state index contributed by atoms with van der Waals surface area (Å²) in [5, 5.41) is 3.11. The van der Waals surface area contributed by atoms with E-state index in [0.717, 1.165) is 29.0 Å². The Morgan fingerprint density at radius 3 is 2.37 bits per heavy atom. The highest BCUT2D eigenvalue weighted by molar-refractivity contribution is 7.92. The van der Waals surface area contributed by atoms with Crippen molar-refractivity contribution in [2.75, 3.05) is 17.1 Å². The molecule has 0 atom stereocenters. The highest BCUT2D eigenvalue weighted by Gasteiger charge is 2.22. The van der Waals surface area contributed by atoms with Crippen LogP contribution in [0.4, 0.5) is 5.69 Å². The first-order chi connectivity index (χ1) is 12.8. The molecule has 2 aromatic rings. The number of anilines is 1. The molecule has 0 unspecified atom stereocenters. The van der Waals surface area contributed by atoms with Crippen molar-refractivity contribution in [1.29, 1.82) is 0 Å². The Morgan fingerprint density at radius 1 is 1.07 bits per heavy atom. The van der Waals surface area contributed by atoms with Crippen LogP contribution >= 0.6 is 11.6 Å². The molecule has 1 N–H and O–H groups in total. The predicted molar refractivity (Wildman–Crippen MR) is 111 cm³/mol. The van der Waals surface area contributed by atoms with E-state index in [0.29, 0.717) is 12.2 Å². The van der Waals surface area contributed by atoms with E-state index in [1.54, 1.807) is 24.3 Å². The van der Waals surface area contributed by atoms with Crippen LogP contribution in [0.25, 0.3) is 0 Å². The molecular weight excluding hydrogens is 384 g/mol. The predicted octanol–water partition coefficient (Wildman–Crippen LogP) is 3.55. The third-order valence-corrected chi connectivity index (χ3v) is 5.79. The second-order valence-corrected chi connectivity index (χ2v) is 8.62. The Labute approximate surface area is 166 Å². The maximum atomic E-state index is 12.5. The van der Waals surface area contributed by atoms with Crippen LogP contribution in [-0.2, 0) is 34.2 Å². The fourth-order valence-electron chi connectivity index (χ4n) is 2.82. The van der Waals surface area contributed by atoms with Gasteiger partial charge < -0.3 is 5.32 Å². The first kappa shape index (κ1) is 21.3. The molecule has 0 spiro atoms. The lowest BCUT2D eigenvalue weighted by molar-refractivity contribution is -0.119. The van der Waals surface area contributed by atoms with Crippen LogP contribution in [0, 0.1) is 0 Å². The molecule has 0 fully saturated rings. The molecule has 146 valence electrons. The molecule has 0 saturated carbocycles.